The van der Waals surface area contributed by atoms with Gasteiger partial charge in [0, 0.05) is 11.1 Å². The maximum Gasteiger partial charge on any atom is 0.414 e. The van der Waals surface area contributed by atoms with Gasteiger partial charge < -0.3 is 19.6 Å². The van der Waals surface area contributed by atoms with E-state index in [1.165, 1.54) is 11.0 Å². The zero-order chi connectivity index (χ0) is 22.8. The standard InChI is InChI=1S/C23H22FN3O5/c1-13-14(2)31-22(26-13)16-5-3-15(4-6-16)19-8-7-17(9-20(19)24)27-11-18(32-23(27)29)12-30-21(28)10-25/h3-9,18H,10-12,25H2,1-2H3/t18-/m1/s1. The number of cyclic esters (lactones) is 1. The normalized spacial score (nSPS) is 15.7. The van der Waals surface area contributed by atoms with Crippen LogP contribution in [0.1, 0.15) is 11.5 Å². The van der Waals surface area contributed by atoms with Crippen LogP contribution >= 0.6 is 0 Å². The van der Waals surface area contributed by atoms with Crippen LogP contribution in [0, 0.1) is 19.7 Å². The number of amides is 1. The summed E-state index contributed by atoms with van der Waals surface area (Å²) in [7, 11) is 0. The Morgan fingerprint density at radius 2 is 1.94 bits per heavy atom. The van der Waals surface area contributed by atoms with Crippen molar-refractivity contribution >= 4 is 17.7 Å². The number of hydrogen-bond donors (Lipinski definition) is 1. The molecule has 2 aromatic carbocycles. The number of nitrogens with two attached hydrogens (primary N) is 1. The van der Waals surface area contributed by atoms with E-state index in [2.05, 4.69) is 4.98 Å². The molecule has 1 saturated heterocycles. The summed E-state index contributed by atoms with van der Waals surface area (Å²) in [5.74, 6) is 0.199. The lowest BCUT2D eigenvalue weighted by atomic mass is 10.0. The van der Waals surface area contributed by atoms with Crippen molar-refractivity contribution in [2.75, 3.05) is 24.6 Å². The molecule has 2 N–H and O–H groups in total. The van der Waals surface area contributed by atoms with Crippen LogP contribution < -0.4 is 10.6 Å². The van der Waals surface area contributed by atoms with Gasteiger partial charge >= 0.3 is 12.1 Å². The molecule has 0 saturated carbocycles. The lowest BCUT2D eigenvalue weighted by molar-refractivity contribution is -0.144. The van der Waals surface area contributed by atoms with Crippen LogP contribution in [-0.2, 0) is 14.3 Å². The van der Waals surface area contributed by atoms with Crippen molar-refractivity contribution in [3.63, 3.8) is 0 Å². The van der Waals surface area contributed by atoms with Crippen LogP contribution in [0.2, 0.25) is 0 Å². The molecule has 32 heavy (non-hydrogen) atoms. The quantitative estimate of drug-likeness (QED) is 0.585. The summed E-state index contributed by atoms with van der Waals surface area (Å²) >= 11 is 0. The highest BCUT2D eigenvalue weighted by Crippen LogP contribution is 2.31. The second kappa shape index (κ2) is 8.80. The van der Waals surface area contributed by atoms with Crippen LogP contribution in [-0.4, -0.2) is 42.8 Å². The number of aryl methyl sites for hydroxylation is 2. The van der Waals surface area contributed by atoms with Crippen molar-refractivity contribution in [1.82, 2.24) is 4.98 Å². The molecule has 1 fully saturated rings. The Morgan fingerprint density at radius 1 is 1.22 bits per heavy atom. The molecule has 1 amide bonds. The highest BCUT2D eigenvalue weighted by atomic mass is 19.1. The van der Waals surface area contributed by atoms with E-state index in [0.717, 1.165) is 17.0 Å². The molecular weight excluding hydrogens is 417 g/mol. The Balaban J connectivity index is 1.48. The third-order valence-corrected chi connectivity index (χ3v) is 5.21. The van der Waals surface area contributed by atoms with Crippen molar-refractivity contribution in [2.24, 2.45) is 5.73 Å². The molecule has 1 atom stereocenters. The minimum Gasteiger partial charge on any atom is -0.461 e. The highest BCUT2D eigenvalue weighted by Gasteiger charge is 2.33. The number of benzene rings is 2. The molecule has 9 heteroatoms. The molecule has 1 aromatic heterocycles. The van der Waals surface area contributed by atoms with Gasteiger partial charge in [0.15, 0.2) is 6.10 Å². The van der Waals surface area contributed by atoms with E-state index in [0.29, 0.717) is 22.7 Å². The topological polar surface area (TPSA) is 108 Å². The summed E-state index contributed by atoms with van der Waals surface area (Å²) < 4.78 is 30.6. The Morgan fingerprint density at radius 3 is 2.56 bits per heavy atom. The largest absolute Gasteiger partial charge is 0.461 e. The van der Waals surface area contributed by atoms with Crippen LogP contribution in [0.4, 0.5) is 14.9 Å². The fraction of sp³-hybridized carbons (Fsp3) is 0.261. The lowest BCUT2D eigenvalue weighted by Gasteiger charge is -2.14. The second-order valence-electron chi connectivity index (χ2n) is 7.41. The Labute approximate surface area is 183 Å². The van der Waals surface area contributed by atoms with Gasteiger partial charge in [0.1, 0.15) is 18.2 Å². The first-order chi connectivity index (χ1) is 15.4. The number of aromatic nitrogens is 1. The monoisotopic (exact) mass is 439 g/mol. The minimum atomic E-state index is -0.643. The highest BCUT2D eigenvalue weighted by molar-refractivity contribution is 5.90. The first kappa shape index (κ1) is 21.5. The van der Waals surface area contributed by atoms with Crippen molar-refractivity contribution < 1.29 is 27.9 Å². The molecule has 166 valence electrons. The molecule has 0 radical (unpaired) electrons. The number of rotatable bonds is 6. The van der Waals surface area contributed by atoms with Gasteiger partial charge in [-0.3, -0.25) is 9.69 Å². The van der Waals surface area contributed by atoms with E-state index in [1.54, 1.807) is 24.3 Å². The first-order valence-electron chi connectivity index (χ1n) is 10.0. The van der Waals surface area contributed by atoms with Crippen LogP contribution in [0.15, 0.2) is 46.9 Å². The smallest absolute Gasteiger partial charge is 0.414 e. The number of oxazole rings is 1. The summed E-state index contributed by atoms with van der Waals surface area (Å²) in [6.07, 6.45) is -1.28. The summed E-state index contributed by atoms with van der Waals surface area (Å²) in [5, 5.41) is 0. The number of halogens is 1. The third-order valence-electron chi connectivity index (χ3n) is 5.21. The lowest BCUT2D eigenvalue weighted by Crippen LogP contribution is -2.28. The molecule has 3 aromatic rings. The predicted octanol–water partition coefficient (Wildman–Crippen LogP) is 3.59. The molecule has 2 heterocycles. The zero-order valence-corrected chi connectivity index (χ0v) is 17.6. The molecule has 0 unspecified atom stereocenters. The minimum absolute atomic E-state index is 0.102. The van der Waals surface area contributed by atoms with Gasteiger partial charge in [0.25, 0.3) is 0 Å². The fourth-order valence-corrected chi connectivity index (χ4v) is 3.36. The number of carbonyl (C=O) groups excluding carboxylic acids is 2. The van der Waals surface area contributed by atoms with Gasteiger partial charge in [-0.25, -0.2) is 14.2 Å². The van der Waals surface area contributed by atoms with Crippen molar-refractivity contribution in [1.29, 1.82) is 0 Å². The number of carbonyl (C=O) groups is 2. The van der Waals surface area contributed by atoms with Crippen molar-refractivity contribution in [2.45, 2.75) is 20.0 Å². The first-order valence-corrected chi connectivity index (χ1v) is 10.0. The molecule has 0 bridgehead atoms. The van der Waals surface area contributed by atoms with E-state index < -0.39 is 24.0 Å². The summed E-state index contributed by atoms with van der Waals surface area (Å²) in [6.45, 7) is 3.50. The molecule has 8 nitrogen and oxygen atoms in total. The summed E-state index contributed by atoms with van der Waals surface area (Å²) in [4.78, 5) is 29.0. The van der Waals surface area contributed by atoms with Crippen LogP contribution in [0.5, 0.6) is 0 Å². The van der Waals surface area contributed by atoms with Gasteiger partial charge in [-0.15, -0.1) is 0 Å². The van der Waals surface area contributed by atoms with E-state index >= 15 is 0 Å². The number of esters is 1. The van der Waals surface area contributed by atoms with E-state index in [-0.39, 0.29) is 19.7 Å². The zero-order valence-electron chi connectivity index (χ0n) is 17.6. The molecule has 4 rings (SSSR count). The van der Waals surface area contributed by atoms with Gasteiger partial charge in [-0.2, -0.15) is 0 Å². The van der Waals surface area contributed by atoms with Crippen LogP contribution in [0.25, 0.3) is 22.6 Å². The predicted molar refractivity (Wildman–Crippen MR) is 114 cm³/mol. The molecule has 1 aliphatic rings. The SMILES string of the molecule is Cc1nc(-c2ccc(-c3ccc(N4C[C@H](COC(=O)CN)OC4=O)cc3F)cc2)oc1C. The number of anilines is 1. The number of ether oxygens (including phenoxy) is 2. The third kappa shape index (κ3) is 4.33. The average Bonchev–Trinajstić information content (AvgIpc) is 3.33. The Kier molecular flexibility index (Phi) is 5.91. The number of nitrogens with zero attached hydrogens (tertiary/aromatic N) is 2. The van der Waals surface area contributed by atoms with Gasteiger partial charge in [-0.1, -0.05) is 12.1 Å². The fourth-order valence-electron chi connectivity index (χ4n) is 3.36. The van der Waals surface area contributed by atoms with Crippen molar-refractivity contribution in [3.05, 3.63) is 59.7 Å². The van der Waals surface area contributed by atoms with E-state index in [1.807, 2.05) is 26.0 Å². The van der Waals surface area contributed by atoms with Crippen molar-refractivity contribution in [3.8, 4) is 22.6 Å². The average molecular weight is 439 g/mol. The molecule has 0 aliphatic carbocycles. The van der Waals surface area contributed by atoms with Crippen LogP contribution in [0.3, 0.4) is 0 Å². The Hall–Kier alpha value is -3.72. The maximum atomic E-state index is 14.9. The van der Waals surface area contributed by atoms with Gasteiger partial charge in [0.2, 0.25) is 5.89 Å². The second-order valence-corrected chi connectivity index (χ2v) is 7.41. The van der Waals surface area contributed by atoms with E-state index in [4.69, 9.17) is 19.6 Å². The van der Waals surface area contributed by atoms with E-state index in [9.17, 15) is 14.0 Å². The summed E-state index contributed by atoms with van der Waals surface area (Å²) in [5.41, 5.74) is 8.22. The molecule has 0 spiro atoms. The van der Waals surface area contributed by atoms with Gasteiger partial charge in [-0.05, 0) is 49.7 Å². The number of hydrogen-bond acceptors (Lipinski definition) is 7. The van der Waals surface area contributed by atoms with Gasteiger partial charge in [0.05, 0.1) is 24.5 Å². The molecular formula is C23H22FN3O5. The summed E-state index contributed by atoms with van der Waals surface area (Å²) in [6, 6.07) is 11.7. The Bertz CT molecular complexity index is 1140. The maximum absolute atomic E-state index is 14.9. The molecule has 1 aliphatic heterocycles.